The van der Waals surface area contributed by atoms with E-state index >= 15 is 0 Å². The van der Waals surface area contributed by atoms with Crippen LogP contribution >= 0.6 is 0 Å². The van der Waals surface area contributed by atoms with Gasteiger partial charge in [0.15, 0.2) is 0 Å². The summed E-state index contributed by atoms with van der Waals surface area (Å²) in [6.45, 7) is 2.05. The molecule has 1 atom stereocenters. The average Bonchev–Trinajstić information content (AvgIpc) is 2.15. The Morgan fingerprint density at radius 1 is 1.36 bits per heavy atom. The minimum Gasteiger partial charge on any atom is -0.493 e. The lowest BCUT2D eigenvalue weighted by molar-refractivity contribution is 0.287. The summed E-state index contributed by atoms with van der Waals surface area (Å²) >= 11 is 0. The second-order valence-corrected chi connectivity index (χ2v) is 4.11. The van der Waals surface area contributed by atoms with Crippen molar-refractivity contribution < 1.29 is 4.74 Å². The van der Waals surface area contributed by atoms with Crippen molar-refractivity contribution in [1.82, 2.24) is 5.32 Å². The fraction of sp³-hybridized carbons (Fsp3) is 0.500. The van der Waals surface area contributed by atoms with Gasteiger partial charge in [0.1, 0.15) is 5.75 Å². The lowest BCUT2D eigenvalue weighted by atomic mass is 9.94. The average molecular weight is 189 g/mol. The van der Waals surface area contributed by atoms with Gasteiger partial charge in [-0.15, -0.1) is 0 Å². The summed E-state index contributed by atoms with van der Waals surface area (Å²) in [5.74, 6) is 1.10. The zero-order valence-corrected chi connectivity index (χ0v) is 8.25. The smallest absolute Gasteiger partial charge is 0.122 e. The highest BCUT2D eigenvalue weighted by Crippen LogP contribution is 2.30. The zero-order valence-electron chi connectivity index (χ0n) is 8.25. The van der Waals surface area contributed by atoms with Crippen LogP contribution in [0.3, 0.4) is 0 Å². The SMILES string of the molecule is c1cc2c(cc1C1CCN1)CCCO2. The third kappa shape index (κ3) is 1.30. The molecule has 0 aromatic heterocycles. The molecule has 2 aliphatic heterocycles. The van der Waals surface area contributed by atoms with Crippen molar-refractivity contribution in [3.05, 3.63) is 29.3 Å². The number of rotatable bonds is 1. The Morgan fingerprint density at radius 2 is 2.29 bits per heavy atom. The molecular formula is C12H15NO. The summed E-state index contributed by atoms with van der Waals surface area (Å²) < 4.78 is 5.59. The predicted molar refractivity (Wildman–Crippen MR) is 55.6 cm³/mol. The van der Waals surface area contributed by atoms with Crippen molar-refractivity contribution in [2.45, 2.75) is 25.3 Å². The molecule has 2 nitrogen and oxygen atoms in total. The molecule has 2 heterocycles. The molecule has 1 aromatic rings. The van der Waals surface area contributed by atoms with Gasteiger partial charge in [-0.2, -0.15) is 0 Å². The van der Waals surface area contributed by atoms with Crippen LogP contribution in [0.4, 0.5) is 0 Å². The molecule has 2 heteroatoms. The van der Waals surface area contributed by atoms with Crippen LogP contribution in [0, 0.1) is 0 Å². The Balaban J connectivity index is 1.92. The molecule has 1 saturated heterocycles. The third-order valence-electron chi connectivity index (χ3n) is 3.16. The van der Waals surface area contributed by atoms with Gasteiger partial charge in [-0.1, -0.05) is 12.1 Å². The summed E-state index contributed by atoms with van der Waals surface area (Å²) in [7, 11) is 0. The van der Waals surface area contributed by atoms with Gasteiger partial charge in [0.05, 0.1) is 6.61 Å². The molecule has 3 rings (SSSR count). The second-order valence-electron chi connectivity index (χ2n) is 4.11. The Bertz CT molecular complexity index is 344. The zero-order chi connectivity index (χ0) is 9.38. The predicted octanol–water partition coefficient (Wildman–Crippen LogP) is 2.05. The molecule has 0 saturated carbocycles. The number of benzene rings is 1. The van der Waals surface area contributed by atoms with Crippen molar-refractivity contribution in [3.63, 3.8) is 0 Å². The van der Waals surface area contributed by atoms with E-state index in [2.05, 4.69) is 23.5 Å². The van der Waals surface area contributed by atoms with E-state index in [1.54, 1.807) is 0 Å². The minimum absolute atomic E-state index is 0.599. The van der Waals surface area contributed by atoms with Crippen molar-refractivity contribution >= 4 is 0 Å². The molecule has 1 aromatic carbocycles. The van der Waals surface area contributed by atoms with Crippen LogP contribution in [0.1, 0.15) is 30.0 Å². The van der Waals surface area contributed by atoms with E-state index < -0.39 is 0 Å². The summed E-state index contributed by atoms with van der Waals surface area (Å²) in [6.07, 6.45) is 3.62. The summed E-state index contributed by atoms with van der Waals surface area (Å²) in [6, 6.07) is 7.23. The van der Waals surface area contributed by atoms with Crippen LogP contribution in [0.5, 0.6) is 5.75 Å². The first-order valence-corrected chi connectivity index (χ1v) is 5.42. The maximum absolute atomic E-state index is 5.59. The largest absolute Gasteiger partial charge is 0.493 e. The quantitative estimate of drug-likeness (QED) is 0.730. The lowest BCUT2D eigenvalue weighted by Gasteiger charge is -2.29. The van der Waals surface area contributed by atoms with Crippen molar-refractivity contribution in [2.24, 2.45) is 0 Å². The second kappa shape index (κ2) is 3.28. The molecule has 1 fully saturated rings. The molecule has 2 aliphatic rings. The first-order valence-electron chi connectivity index (χ1n) is 5.42. The normalized spacial score (nSPS) is 24.7. The maximum atomic E-state index is 5.59. The number of nitrogens with one attached hydrogen (secondary N) is 1. The van der Waals surface area contributed by atoms with Crippen LogP contribution < -0.4 is 10.1 Å². The highest BCUT2D eigenvalue weighted by molar-refractivity contribution is 5.40. The fourth-order valence-corrected chi connectivity index (χ4v) is 2.17. The van der Waals surface area contributed by atoms with Crippen LogP contribution in [-0.2, 0) is 6.42 Å². The van der Waals surface area contributed by atoms with Crippen LogP contribution in [0.25, 0.3) is 0 Å². The topological polar surface area (TPSA) is 21.3 Å². The van der Waals surface area contributed by atoms with Gasteiger partial charge >= 0.3 is 0 Å². The number of ether oxygens (including phenoxy) is 1. The number of hydrogen-bond donors (Lipinski definition) is 1. The van der Waals surface area contributed by atoms with E-state index in [1.165, 1.54) is 24.0 Å². The summed E-state index contributed by atoms with van der Waals surface area (Å²) in [4.78, 5) is 0. The molecule has 0 aliphatic carbocycles. The van der Waals surface area contributed by atoms with E-state index in [9.17, 15) is 0 Å². The molecule has 0 amide bonds. The Kier molecular flexibility index (Phi) is 1.95. The number of aryl methyl sites for hydroxylation is 1. The molecule has 14 heavy (non-hydrogen) atoms. The monoisotopic (exact) mass is 189 g/mol. The van der Waals surface area contributed by atoms with Gasteiger partial charge in [-0.05, 0) is 43.0 Å². The Labute approximate surface area is 84.3 Å². The summed E-state index contributed by atoms with van der Waals surface area (Å²) in [5, 5.41) is 3.43. The Hall–Kier alpha value is -1.02. The van der Waals surface area contributed by atoms with E-state index in [0.29, 0.717) is 6.04 Å². The van der Waals surface area contributed by atoms with Gasteiger partial charge in [-0.3, -0.25) is 0 Å². The minimum atomic E-state index is 0.599. The van der Waals surface area contributed by atoms with Crippen LogP contribution in [0.15, 0.2) is 18.2 Å². The summed E-state index contributed by atoms with van der Waals surface area (Å²) in [5.41, 5.74) is 2.82. The standard InChI is InChI=1S/C12H15NO/c1-2-10-8-9(11-5-6-13-11)3-4-12(10)14-7-1/h3-4,8,11,13H,1-2,5-7H2. The fourth-order valence-electron chi connectivity index (χ4n) is 2.17. The van der Waals surface area contributed by atoms with E-state index in [0.717, 1.165) is 25.3 Å². The maximum Gasteiger partial charge on any atom is 0.122 e. The lowest BCUT2D eigenvalue weighted by Crippen LogP contribution is -2.35. The van der Waals surface area contributed by atoms with Gasteiger partial charge in [-0.25, -0.2) is 0 Å². The van der Waals surface area contributed by atoms with E-state index in [4.69, 9.17) is 4.74 Å². The molecule has 74 valence electrons. The highest BCUT2D eigenvalue weighted by atomic mass is 16.5. The molecule has 1 unspecified atom stereocenters. The first-order chi connectivity index (χ1) is 6.93. The number of fused-ring (bicyclic) bond motifs is 1. The highest BCUT2D eigenvalue weighted by Gasteiger charge is 2.20. The van der Waals surface area contributed by atoms with Gasteiger partial charge in [0, 0.05) is 6.04 Å². The van der Waals surface area contributed by atoms with Crippen molar-refractivity contribution in [3.8, 4) is 5.75 Å². The van der Waals surface area contributed by atoms with Gasteiger partial charge in [0.2, 0.25) is 0 Å². The van der Waals surface area contributed by atoms with Crippen LogP contribution in [0.2, 0.25) is 0 Å². The number of hydrogen-bond acceptors (Lipinski definition) is 2. The molecular weight excluding hydrogens is 174 g/mol. The van der Waals surface area contributed by atoms with E-state index in [1.807, 2.05) is 0 Å². The molecule has 0 spiro atoms. The third-order valence-corrected chi connectivity index (χ3v) is 3.16. The molecule has 0 radical (unpaired) electrons. The molecule has 1 N–H and O–H groups in total. The molecule has 0 bridgehead atoms. The first kappa shape index (κ1) is 8.30. The van der Waals surface area contributed by atoms with Crippen molar-refractivity contribution in [1.29, 1.82) is 0 Å². The van der Waals surface area contributed by atoms with E-state index in [-0.39, 0.29) is 0 Å². The Morgan fingerprint density at radius 3 is 3.07 bits per heavy atom. The van der Waals surface area contributed by atoms with Crippen LogP contribution in [-0.4, -0.2) is 13.2 Å². The van der Waals surface area contributed by atoms with Crippen molar-refractivity contribution in [2.75, 3.05) is 13.2 Å². The van der Waals surface area contributed by atoms with Gasteiger partial charge < -0.3 is 10.1 Å². The van der Waals surface area contributed by atoms with Gasteiger partial charge in [0.25, 0.3) is 0 Å².